The molecule has 3 heteroatoms. The van der Waals surface area contributed by atoms with Crippen molar-refractivity contribution in [1.29, 1.82) is 0 Å². The standard InChI is InChI=1S/C19H26O3/c1-18-8-7-12(20)9-11(18)3-4-13-14-5-6-16(22)19(14,2)10-15(21)17(13)18/h3,5-6,12-15,17,20-21H,4,7-10H2,1-2H3/t12-,13-,14-,15-,17+,18-,19-/m0/s1. The van der Waals surface area contributed by atoms with E-state index in [1.54, 1.807) is 6.08 Å². The Hall–Kier alpha value is -0.930. The molecule has 4 aliphatic rings. The third-order valence-corrected chi connectivity index (χ3v) is 7.28. The molecule has 4 rings (SSSR count). The first-order valence-electron chi connectivity index (χ1n) is 8.64. The zero-order valence-corrected chi connectivity index (χ0v) is 13.5. The lowest BCUT2D eigenvalue weighted by molar-refractivity contribution is -0.142. The van der Waals surface area contributed by atoms with E-state index >= 15 is 0 Å². The van der Waals surface area contributed by atoms with Crippen LogP contribution in [-0.2, 0) is 4.79 Å². The summed E-state index contributed by atoms with van der Waals surface area (Å²) in [5, 5.41) is 20.9. The largest absolute Gasteiger partial charge is 0.393 e. The van der Waals surface area contributed by atoms with Gasteiger partial charge in [-0.2, -0.15) is 0 Å². The van der Waals surface area contributed by atoms with Crippen molar-refractivity contribution in [2.45, 2.75) is 58.2 Å². The van der Waals surface area contributed by atoms with Crippen molar-refractivity contribution in [1.82, 2.24) is 0 Å². The minimum absolute atomic E-state index is 0.0115. The van der Waals surface area contributed by atoms with Gasteiger partial charge >= 0.3 is 0 Å². The molecule has 3 nitrogen and oxygen atoms in total. The molecule has 0 aliphatic heterocycles. The van der Waals surface area contributed by atoms with E-state index in [0.29, 0.717) is 12.3 Å². The minimum Gasteiger partial charge on any atom is -0.393 e. The number of allylic oxidation sites excluding steroid dienone is 3. The average Bonchev–Trinajstić information content (AvgIpc) is 2.75. The fraction of sp³-hybridized carbons (Fsp3) is 0.737. The van der Waals surface area contributed by atoms with Crippen molar-refractivity contribution < 1.29 is 15.0 Å². The number of carbonyl (C=O) groups is 1. The molecule has 120 valence electrons. The Morgan fingerprint density at radius 1 is 1.23 bits per heavy atom. The van der Waals surface area contributed by atoms with Crippen LogP contribution in [0.3, 0.4) is 0 Å². The van der Waals surface area contributed by atoms with Crippen LogP contribution in [0, 0.1) is 28.6 Å². The molecule has 22 heavy (non-hydrogen) atoms. The lowest BCUT2D eigenvalue weighted by Gasteiger charge is -2.58. The Labute approximate surface area is 132 Å². The molecule has 0 aromatic carbocycles. The van der Waals surface area contributed by atoms with Crippen LogP contribution < -0.4 is 0 Å². The summed E-state index contributed by atoms with van der Waals surface area (Å²) in [6, 6.07) is 0. The summed E-state index contributed by atoms with van der Waals surface area (Å²) in [5.74, 6) is 1.01. The fourth-order valence-electron chi connectivity index (χ4n) is 6.06. The molecular formula is C19H26O3. The van der Waals surface area contributed by atoms with E-state index in [0.717, 1.165) is 25.7 Å². The van der Waals surface area contributed by atoms with Crippen LogP contribution in [0.1, 0.15) is 46.0 Å². The lowest BCUT2D eigenvalue weighted by Crippen LogP contribution is -2.56. The first-order chi connectivity index (χ1) is 10.4. The molecule has 0 saturated heterocycles. The highest BCUT2D eigenvalue weighted by atomic mass is 16.3. The number of ketones is 1. The summed E-state index contributed by atoms with van der Waals surface area (Å²) in [6.07, 6.45) is 9.53. The molecule has 0 aromatic rings. The van der Waals surface area contributed by atoms with Gasteiger partial charge in [0, 0.05) is 5.41 Å². The molecule has 2 fully saturated rings. The molecular weight excluding hydrogens is 276 g/mol. The summed E-state index contributed by atoms with van der Waals surface area (Å²) in [6.45, 7) is 4.31. The van der Waals surface area contributed by atoms with E-state index in [1.807, 2.05) is 6.92 Å². The van der Waals surface area contributed by atoms with Crippen molar-refractivity contribution >= 4 is 5.78 Å². The van der Waals surface area contributed by atoms with Crippen molar-refractivity contribution in [3.8, 4) is 0 Å². The molecule has 0 aromatic heterocycles. The summed E-state index contributed by atoms with van der Waals surface area (Å²) >= 11 is 0. The van der Waals surface area contributed by atoms with Crippen LogP contribution in [0.4, 0.5) is 0 Å². The maximum atomic E-state index is 12.3. The summed E-state index contributed by atoms with van der Waals surface area (Å²) in [7, 11) is 0. The molecule has 0 unspecified atom stereocenters. The van der Waals surface area contributed by atoms with E-state index in [1.165, 1.54) is 5.57 Å². The second-order valence-corrected chi connectivity index (χ2v) is 8.41. The quantitative estimate of drug-likeness (QED) is 0.676. The van der Waals surface area contributed by atoms with Gasteiger partial charge < -0.3 is 10.2 Å². The van der Waals surface area contributed by atoms with Gasteiger partial charge in [0.2, 0.25) is 0 Å². The van der Waals surface area contributed by atoms with Crippen molar-refractivity contribution in [2.75, 3.05) is 0 Å². The van der Waals surface area contributed by atoms with E-state index in [9.17, 15) is 15.0 Å². The van der Waals surface area contributed by atoms with E-state index in [2.05, 4.69) is 19.1 Å². The van der Waals surface area contributed by atoms with Crippen LogP contribution >= 0.6 is 0 Å². The molecule has 7 atom stereocenters. The Morgan fingerprint density at radius 2 is 2.00 bits per heavy atom. The number of aliphatic hydroxyl groups excluding tert-OH is 2. The number of hydrogen-bond acceptors (Lipinski definition) is 3. The highest BCUT2D eigenvalue weighted by Crippen LogP contribution is 2.62. The lowest BCUT2D eigenvalue weighted by atomic mass is 9.47. The van der Waals surface area contributed by atoms with Gasteiger partial charge in [-0.05, 0) is 61.3 Å². The molecule has 0 amide bonds. The Kier molecular flexibility index (Phi) is 3.03. The fourth-order valence-corrected chi connectivity index (χ4v) is 6.06. The Morgan fingerprint density at radius 3 is 2.77 bits per heavy atom. The van der Waals surface area contributed by atoms with Gasteiger partial charge in [-0.1, -0.05) is 31.6 Å². The minimum atomic E-state index is -0.418. The second kappa shape index (κ2) is 4.55. The Bertz CT molecular complexity index is 577. The van der Waals surface area contributed by atoms with Crippen molar-refractivity contribution in [2.24, 2.45) is 28.6 Å². The summed E-state index contributed by atoms with van der Waals surface area (Å²) in [4.78, 5) is 12.3. The number of hydrogen-bond donors (Lipinski definition) is 2. The number of carbonyl (C=O) groups excluding carboxylic acids is 1. The molecule has 0 spiro atoms. The monoisotopic (exact) mass is 302 g/mol. The molecule has 2 N–H and O–H groups in total. The van der Waals surface area contributed by atoms with Crippen LogP contribution in [0.15, 0.2) is 23.8 Å². The summed E-state index contributed by atoms with van der Waals surface area (Å²) in [5.41, 5.74) is 0.919. The normalized spacial score (nSPS) is 53.5. The average molecular weight is 302 g/mol. The third kappa shape index (κ3) is 1.73. The maximum absolute atomic E-state index is 12.3. The topological polar surface area (TPSA) is 57.5 Å². The van der Waals surface area contributed by atoms with Gasteiger partial charge in [-0.25, -0.2) is 0 Å². The van der Waals surface area contributed by atoms with E-state index in [4.69, 9.17) is 0 Å². The van der Waals surface area contributed by atoms with Crippen LogP contribution in [0.25, 0.3) is 0 Å². The predicted molar refractivity (Wildman–Crippen MR) is 84.0 cm³/mol. The molecule has 0 bridgehead atoms. The van der Waals surface area contributed by atoms with Gasteiger partial charge in [0.25, 0.3) is 0 Å². The molecule has 0 heterocycles. The zero-order valence-electron chi connectivity index (χ0n) is 13.5. The van der Waals surface area contributed by atoms with E-state index < -0.39 is 11.5 Å². The van der Waals surface area contributed by atoms with Gasteiger partial charge in [0.05, 0.1) is 12.2 Å². The summed E-state index contributed by atoms with van der Waals surface area (Å²) < 4.78 is 0. The first kappa shape index (κ1) is 14.6. The third-order valence-electron chi connectivity index (χ3n) is 7.28. The number of fused-ring (bicyclic) bond motifs is 5. The Balaban J connectivity index is 1.76. The zero-order chi connectivity index (χ0) is 15.7. The highest BCUT2D eigenvalue weighted by Gasteiger charge is 2.60. The first-order valence-corrected chi connectivity index (χ1v) is 8.64. The van der Waals surface area contributed by atoms with Gasteiger partial charge in [-0.3, -0.25) is 4.79 Å². The van der Waals surface area contributed by atoms with Crippen LogP contribution in [0.2, 0.25) is 0 Å². The SMILES string of the molecule is C[C@]12CC[C@H](O)CC1=CC[C@@H]1[C@@H]2[C@@H](O)C[C@]2(C)C(=O)C=C[C@@H]12. The van der Waals surface area contributed by atoms with Gasteiger partial charge in [0.15, 0.2) is 5.78 Å². The second-order valence-electron chi connectivity index (χ2n) is 8.41. The number of aliphatic hydroxyl groups is 2. The smallest absolute Gasteiger partial charge is 0.161 e. The van der Waals surface area contributed by atoms with Crippen LogP contribution in [-0.4, -0.2) is 28.2 Å². The highest BCUT2D eigenvalue weighted by molar-refractivity contribution is 5.97. The van der Waals surface area contributed by atoms with E-state index in [-0.39, 0.29) is 29.1 Å². The van der Waals surface area contributed by atoms with Gasteiger partial charge in [0.1, 0.15) is 0 Å². The predicted octanol–water partition coefficient (Wildman–Crippen LogP) is 2.63. The van der Waals surface area contributed by atoms with Gasteiger partial charge in [-0.15, -0.1) is 0 Å². The maximum Gasteiger partial charge on any atom is 0.161 e. The molecule has 4 aliphatic carbocycles. The molecule has 2 saturated carbocycles. The number of rotatable bonds is 0. The van der Waals surface area contributed by atoms with Crippen molar-refractivity contribution in [3.05, 3.63) is 23.8 Å². The molecule has 0 radical (unpaired) electrons. The van der Waals surface area contributed by atoms with Crippen LogP contribution in [0.5, 0.6) is 0 Å². The van der Waals surface area contributed by atoms with Crippen molar-refractivity contribution in [3.63, 3.8) is 0 Å².